The zero-order valence-corrected chi connectivity index (χ0v) is 13.5. The summed E-state index contributed by atoms with van der Waals surface area (Å²) in [6, 6.07) is 5.21. The Kier molecular flexibility index (Phi) is 6.96. The van der Waals surface area contributed by atoms with Crippen LogP contribution in [0, 0.1) is 0 Å². The Bertz CT molecular complexity index is 489. The summed E-state index contributed by atoms with van der Waals surface area (Å²) in [6.45, 7) is 1.74. The molecule has 0 bridgehead atoms. The molecule has 0 aliphatic carbocycles. The minimum absolute atomic E-state index is 0.0281. The highest BCUT2D eigenvalue weighted by atomic mass is 35.5. The van der Waals surface area contributed by atoms with Gasteiger partial charge in [-0.3, -0.25) is 4.79 Å². The number of ether oxygens (including phenoxy) is 3. The Labute approximate surface area is 135 Å². The highest BCUT2D eigenvalue weighted by Crippen LogP contribution is 2.28. The Morgan fingerprint density at radius 2 is 2.32 bits per heavy atom. The average Bonchev–Trinajstić information content (AvgIpc) is 3.01. The number of carbonyl (C=O) groups excluding carboxylic acids is 1. The lowest BCUT2D eigenvalue weighted by molar-refractivity contribution is -0.116. The number of halogens is 1. The number of hydrogen-bond acceptors (Lipinski definition) is 4. The van der Waals surface area contributed by atoms with Crippen molar-refractivity contribution in [3.8, 4) is 5.75 Å². The number of benzene rings is 1. The van der Waals surface area contributed by atoms with E-state index in [2.05, 4.69) is 5.32 Å². The van der Waals surface area contributed by atoms with Gasteiger partial charge in [0.05, 0.1) is 17.7 Å². The number of rotatable bonds is 8. The highest BCUT2D eigenvalue weighted by molar-refractivity contribution is 6.32. The maximum absolute atomic E-state index is 11.9. The maximum atomic E-state index is 11.9. The topological polar surface area (TPSA) is 56.8 Å². The van der Waals surface area contributed by atoms with Gasteiger partial charge in [-0.1, -0.05) is 11.6 Å². The van der Waals surface area contributed by atoms with E-state index in [0.717, 1.165) is 25.9 Å². The van der Waals surface area contributed by atoms with Crippen LogP contribution in [0.4, 0.5) is 5.69 Å². The zero-order valence-electron chi connectivity index (χ0n) is 12.8. The third kappa shape index (κ3) is 5.48. The van der Waals surface area contributed by atoms with E-state index < -0.39 is 0 Å². The Morgan fingerprint density at radius 1 is 1.45 bits per heavy atom. The normalized spacial score (nSPS) is 17.5. The molecule has 2 rings (SSSR count). The van der Waals surface area contributed by atoms with Gasteiger partial charge in [0.1, 0.15) is 12.4 Å². The van der Waals surface area contributed by atoms with Crippen molar-refractivity contribution in [3.05, 3.63) is 23.2 Å². The van der Waals surface area contributed by atoms with Crippen LogP contribution >= 0.6 is 11.6 Å². The molecule has 6 heteroatoms. The lowest BCUT2D eigenvalue weighted by Crippen LogP contribution is -2.15. The van der Waals surface area contributed by atoms with Crippen molar-refractivity contribution in [2.75, 3.05) is 32.2 Å². The summed E-state index contributed by atoms with van der Waals surface area (Å²) in [6.07, 6.45) is 3.58. The molecule has 1 atom stereocenters. The minimum atomic E-state index is -0.0281. The molecule has 1 N–H and O–H groups in total. The second kappa shape index (κ2) is 8.98. The Balaban J connectivity index is 1.79. The van der Waals surface area contributed by atoms with E-state index in [4.69, 9.17) is 25.8 Å². The number of methoxy groups -OCH3 is 1. The Hall–Kier alpha value is -1.30. The summed E-state index contributed by atoms with van der Waals surface area (Å²) in [5, 5.41) is 3.31. The van der Waals surface area contributed by atoms with Crippen molar-refractivity contribution < 1.29 is 19.0 Å². The third-order valence-electron chi connectivity index (χ3n) is 3.48. The number of amides is 1. The predicted octanol–water partition coefficient (Wildman–Crippen LogP) is 3.26. The van der Waals surface area contributed by atoms with E-state index in [1.807, 2.05) is 0 Å². The molecule has 0 saturated carbocycles. The fourth-order valence-corrected chi connectivity index (χ4v) is 2.55. The molecular weight excluding hydrogens is 306 g/mol. The fourth-order valence-electron chi connectivity index (χ4n) is 2.32. The second-order valence-electron chi connectivity index (χ2n) is 5.21. The van der Waals surface area contributed by atoms with Gasteiger partial charge in [0.15, 0.2) is 0 Å². The third-order valence-corrected chi connectivity index (χ3v) is 3.77. The molecule has 22 heavy (non-hydrogen) atoms. The molecule has 0 aromatic heterocycles. The first-order valence-corrected chi connectivity index (χ1v) is 7.89. The van der Waals surface area contributed by atoms with Crippen LogP contribution in [0.25, 0.3) is 0 Å². The van der Waals surface area contributed by atoms with Gasteiger partial charge in [-0.05, 0) is 37.5 Å². The zero-order chi connectivity index (χ0) is 15.8. The molecule has 1 aliphatic rings. The van der Waals surface area contributed by atoms with Crippen molar-refractivity contribution in [2.24, 2.45) is 0 Å². The summed E-state index contributed by atoms with van der Waals surface area (Å²) in [7, 11) is 1.61. The van der Waals surface area contributed by atoms with Gasteiger partial charge in [0.25, 0.3) is 0 Å². The molecule has 1 fully saturated rings. The quantitative estimate of drug-likeness (QED) is 0.745. The molecule has 1 aliphatic heterocycles. The van der Waals surface area contributed by atoms with Crippen LogP contribution in [-0.4, -0.2) is 38.9 Å². The highest BCUT2D eigenvalue weighted by Gasteiger charge is 2.16. The van der Waals surface area contributed by atoms with Crippen molar-refractivity contribution >= 4 is 23.2 Å². The number of nitrogens with one attached hydrogen (secondary N) is 1. The van der Waals surface area contributed by atoms with E-state index in [1.54, 1.807) is 25.3 Å². The SMILES string of the molecule is COCCOc1ccc(NC(=O)CCC2CCCO2)cc1Cl. The van der Waals surface area contributed by atoms with E-state index >= 15 is 0 Å². The standard InChI is InChI=1S/C16H22ClNO4/c1-20-9-10-22-15-6-4-12(11-14(15)17)18-16(19)7-5-13-3-2-8-21-13/h4,6,11,13H,2-3,5,7-10H2,1H3,(H,18,19). The van der Waals surface area contributed by atoms with Crippen LogP contribution in [0.5, 0.6) is 5.75 Å². The lowest BCUT2D eigenvalue weighted by Gasteiger charge is -2.11. The van der Waals surface area contributed by atoms with Gasteiger partial charge in [-0.2, -0.15) is 0 Å². The molecule has 5 nitrogen and oxygen atoms in total. The van der Waals surface area contributed by atoms with Gasteiger partial charge in [0, 0.05) is 25.8 Å². The number of anilines is 1. The van der Waals surface area contributed by atoms with Crippen molar-refractivity contribution in [2.45, 2.75) is 31.8 Å². The van der Waals surface area contributed by atoms with Gasteiger partial charge in [-0.25, -0.2) is 0 Å². The van der Waals surface area contributed by atoms with Crippen LogP contribution in [0.3, 0.4) is 0 Å². The second-order valence-corrected chi connectivity index (χ2v) is 5.62. The van der Waals surface area contributed by atoms with E-state index in [0.29, 0.717) is 36.1 Å². The summed E-state index contributed by atoms with van der Waals surface area (Å²) < 4.78 is 15.9. The van der Waals surface area contributed by atoms with E-state index in [-0.39, 0.29) is 12.0 Å². The fraction of sp³-hybridized carbons (Fsp3) is 0.562. The molecule has 1 aromatic carbocycles. The van der Waals surface area contributed by atoms with Crippen LogP contribution in [-0.2, 0) is 14.3 Å². The van der Waals surface area contributed by atoms with Gasteiger partial charge in [0.2, 0.25) is 5.91 Å². The van der Waals surface area contributed by atoms with E-state index in [1.165, 1.54) is 0 Å². The van der Waals surface area contributed by atoms with E-state index in [9.17, 15) is 4.79 Å². The molecule has 1 unspecified atom stereocenters. The van der Waals surface area contributed by atoms with Crippen LogP contribution in [0.2, 0.25) is 5.02 Å². The monoisotopic (exact) mass is 327 g/mol. The Morgan fingerprint density at radius 3 is 3.00 bits per heavy atom. The lowest BCUT2D eigenvalue weighted by atomic mass is 10.1. The first kappa shape index (κ1) is 17.1. The van der Waals surface area contributed by atoms with Crippen LogP contribution in [0.15, 0.2) is 18.2 Å². The largest absolute Gasteiger partial charge is 0.490 e. The maximum Gasteiger partial charge on any atom is 0.224 e. The smallest absolute Gasteiger partial charge is 0.224 e. The van der Waals surface area contributed by atoms with Crippen LogP contribution < -0.4 is 10.1 Å². The molecule has 1 amide bonds. The van der Waals surface area contributed by atoms with Crippen molar-refractivity contribution in [1.29, 1.82) is 0 Å². The van der Waals surface area contributed by atoms with Gasteiger partial charge >= 0.3 is 0 Å². The minimum Gasteiger partial charge on any atom is -0.490 e. The summed E-state index contributed by atoms with van der Waals surface area (Å²) in [5.41, 5.74) is 0.668. The number of carbonyl (C=O) groups is 1. The molecule has 1 aromatic rings. The van der Waals surface area contributed by atoms with Crippen molar-refractivity contribution in [3.63, 3.8) is 0 Å². The summed E-state index contributed by atoms with van der Waals surface area (Å²) >= 11 is 6.14. The summed E-state index contributed by atoms with van der Waals surface area (Å²) in [4.78, 5) is 11.9. The van der Waals surface area contributed by atoms with Gasteiger partial charge < -0.3 is 19.5 Å². The predicted molar refractivity (Wildman–Crippen MR) is 85.7 cm³/mol. The molecule has 122 valence electrons. The van der Waals surface area contributed by atoms with Gasteiger partial charge in [-0.15, -0.1) is 0 Å². The summed E-state index contributed by atoms with van der Waals surface area (Å²) in [5.74, 6) is 0.552. The molecule has 0 spiro atoms. The molecule has 1 saturated heterocycles. The molecule has 1 heterocycles. The van der Waals surface area contributed by atoms with Crippen LogP contribution in [0.1, 0.15) is 25.7 Å². The molecule has 0 radical (unpaired) electrons. The average molecular weight is 328 g/mol. The first-order valence-electron chi connectivity index (χ1n) is 7.52. The van der Waals surface area contributed by atoms with Crippen molar-refractivity contribution in [1.82, 2.24) is 0 Å². The first-order chi connectivity index (χ1) is 10.7. The molecular formula is C16H22ClNO4. The number of hydrogen-bond donors (Lipinski definition) is 1.